The Balaban J connectivity index is 2.11. The Morgan fingerprint density at radius 1 is 1.11 bits per heavy atom. The summed E-state index contributed by atoms with van der Waals surface area (Å²) in [6, 6.07) is 16.2. The van der Waals surface area contributed by atoms with Gasteiger partial charge in [-0.15, -0.1) is 0 Å². The molecular formula is C17H20O2. The number of hydrogen-bond donors (Lipinski definition) is 1. The number of rotatable bonds is 5. The summed E-state index contributed by atoms with van der Waals surface area (Å²) in [7, 11) is 0. The molecule has 2 aromatic rings. The number of hydrogen-bond acceptors (Lipinski definition) is 2. The number of ether oxygens (including phenoxy) is 1. The second kappa shape index (κ2) is 6.39. The fourth-order valence-corrected chi connectivity index (χ4v) is 2.06. The highest BCUT2D eigenvalue weighted by atomic mass is 16.5. The van der Waals surface area contributed by atoms with Crippen molar-refractivity contribution in [1.29, 1.82) is 0 Å². The zero-order chi connectivity index (χ0) is 13.7. The first-order chi connectivity index (χ1) is 9.15. The maximum Gasteiger partial charge on any atom is 0.123 e. The molecule has 100 valence electrons. The van der Waals surface area contributed by atoms with Crippen molar-refractivity contribution >= 4 is 0 Å². The fourth-order valence-electron chi connectivity index (χ4n) is 2.06. The van der Waals surface area contributed by atoms with Crippen molar-refractivity contribution in [2.24, 2.45) is 0 Å². The van der Waals surface area contributed by atoms with Gasteiger partial charge in [0.05, 0.1) is 6.10 Å². The Bertz CT molecular complexity index is 518. The second-order valence-corrected chi connectivity index (χ2v) is 4.94. The van der Waals surface area contributed by atoms with Gasteiger partial charge in [-0.3, -0.25) is 0 Å². The lowest BCUT2D eigenvalue weighted by atomic mass is 10.0. The third-order valence-corrected chi connectivity index (χ3v) is 2.97. The first-order valence-electron chi connectivity index (χ1n) is 6.59. The quantitative estimate of drug-likeness (QED) is 0.887. The summed E-state index contributed by atoms with van der Waals surface area (Å²) in [6.45, 7) is 4.40. The van der Waals surface area contributed by atoms with Crippen LogP contribution in [0.4, 0.5) is 0 Å². The van der Waals surface area contributed by atoms with Gasteiger partial charge in [0.1, 0.15) is 12.4 Å². The first kappa shape index (κ1) is 13.6. The lowest BCUT2D eigenvalue weighted by Gasteiger charge is -2.13. The van der Waals surface area contributed by atoms with E-state index in [1.807, 2.05) is 49.4 Å². The molecule has 2 heteroatoms. The molecule has 0 bridgehead atoms. The molecule has 1 unspecified atom stereocenters. The van der Waals surface area contributed by atoms with Crippen LogP contribution in [0.2, 0.25) is 0 Å². The minimum absolute atomic E-state index is 0.360. The normalized spacial score (nSPS) is 12.2. The van der Waals surface area contributed by atoms with Crippen LogP contribution in [0.1, 0.15) is 23.6 Å². The topological polar surface area (TPSA) is 29.5 Å². The number of aliphatic hydroxyl groups is 1. The summed E-state index contributed by atoms with van der Waals surface area (Å²) in [4.78, 5) is 0. The third-order valence-electron chi connectivity index (χ3n) is 2.97. The smallest absolute Gasteiger partial charge is 0.123 e. The molecule has 0 saturated carbocycles. The van der Waals surface area contributed by atoms with Crippen LogP contribution in [-0.4, -0.2) is 11.2 Å². The monoisotopic (exact) mass is 256 g/mol. The molecule has 0 aliphatic heterocycles. The van der Waals surface area contributed by atoms with E-state index in [9.17, 15) is 5.11 Å². The van der Waals surface area contributed by atoms with E-state index in [2.05, 4.69) is 6.07 Å². The summed E-state index contributed by atoms with van der Waals surface area (Å²) < 4.78 is 5.87. The van der Waals surface area contributed by atoms with Crippen LogP contribution >= 0.6 is 0 Å². The number of benzene rings is 2. The van der Waals surface area contributed by atoms with Gasteiger partial charge in [-0.25, -0.2) is 0 Å². The molecule has 0 aliphatic rings. The van der Waals surface area contributed by atoms with Gasteiger partial charge >= 0.3 is 0 Å². The molecule has 2 nitrogen and oxygen atoms in total. The molecule has 0 saturated heterocycles. The molecule has 0 aromatic heterocycles. The second-order valence-electron chi connectivity index (χ2n) is 4.94. The van der Waals surface area contributed by atoms with Crippen LogP contribution in [0.25, 0.3) is 0 Å². The van der Waals surface area contributed by atoms with Gasteiger partial charge in [-0.2, -0.15) is 0 Å². The summed E-state index contributed by atoms with van der Waals surface area (Å²) in [5.41, 5.74) is 3.39. The van der Waals surface area contributed by atoms with E-state index in [4.69, 9.17) is 4.74 Å². The van der Waals surface area contributed by atoms with Crippen molar-refractivity contribution in [1.82, 2.24) is 0 Å². The molecule has 2 aromatic carbocycles. The summed E-state index contributed by atoms with van der Waals surface area (Å²) in [6.07, 6.45) is 0.257. The maximum atomic E-state index is 9.55. The van der Waals surface area contributed by atoms with Gasteiger partial charge in [0.2, 0.25) is 0 Å². The third kappa shape index (κ3) is 4.11. The van der Waals surface area contributed by atoms with Crippen LogP contribution in [-0.2, 0) is 13.0 Å². The van der Waals surface area contributed by atoms with Gasteiger partial charge in [0.25, 0.3) is 0 Å². The van der Waals surface area contributed by atoms with Crippen LogP contribution in [0.15, 0.2) is 48.5 Å². The molecule has 0 heterocycles. The molecule has 1 N–H and O–H groups in total. The van der Waals surface area contributed by atoms with E-state index in [1.165, 1.54) is 5.56 Å². The van der Waals surface area contributed by atoms with Crippen LogP contribution < -0.4 is 4.74 Å². The molecule has 0 radical (unpaired) electrons. The minimum Gasteiger partial charge on any atom is -0.489 e. The SMILES string of the molecule is Cc1ccc(OCc2ccccc2)c(CC(C)O)c1. The van der Waals surface area contributed by atoms with E-state index < -0.39 is 0 Å². The fraction of sp³-hybridized carbons (Fsp3) is 0.294. The molecule has 1 atom stereocenters. The van der Waals surface area contributed by atoms with Crippen molar-refractivity contribution in [2.75, 3.05) is 0 Å². The largest absolute Gasteiger partial charge is 0.489 e. The molecule has 0 aliphatic carbocycles. The zero-order valence-electron chi connectivity index (χ0n) is 11.5. The Morgan fingerprint density at radius 3 is 2.53 bits per heavy atom. The predicted molar refractivity (Wildman–Crippen MR) is 77.3 cm³/mol. The van der Waals surface area contributed by atoms with Crippen molar-refractivity contribution in [2.45, 2.75) is 33.0 Å². The summed E-state index contributed by atoms with van der Waals surface area (Å²) in [5, 5.41) is 9.55. The Morgan fingerprint density at radius 2 is 1.84 bits per heavy atom. The average Bonchev–Trinajstić information content (AvgIpc) is 2.38. The number of aryl methyl sites for hydroxylation is 1. The van der Waals surface area contributed by atoms with Crippen LogP contribution in [0, 0.1) is 6.92 Å². The molecule has 2 rings (SSSR count). The predicted octanol–water partition coefficient (Wildman–Crippen LogP) is 3.50. The van der Waals surface area contributed by atoms with Gasteiger partial charge in [0, 0.05) is 6.42 Å². The molecule has 0 fully saturated rings. The van der Waals surface area contributed by atoms with E-state index >= 15 is 0 Å². The Hall–Kier alpha value is -1.80. The highest BCUT2D eigenvalue weighted by Crippen LogP contribution is 2.22. The van der Waals surface area contributed by atoms with Crippen molar-refractivity contribution < 1.29 is 9.84 Å². The minimum atomic E-state index is -0.360. The standard InChI is InChI=1S/C17H20O2/c1-13-8-9-17(16(10-13)11-14(2)18)19-12-15-6-4-3-5-7-15/h3-10,14,18H,11-12H2,1-2H3. The lowest BCUT2D eigenvalue weighted by Crippen LogP contribution is -2.07. The highest BCUT2D eigenvalue weighted by Gasteiger charge is 2.07. The average molecular weight is 256 g/mol. The zero-order valence-corrected chi connectivity index (χ0v) is 11.5. The van der Waals surface area contributed by atoms with Crippen molar-refractivity contribution in [3.63, 3.8) is 0 Å². The lowest BCUT2D eigenvalue weighted by molar-refractivity contribution is 0.193. The van der Waals surface area contributed by atoms with E-state index in [-0.39, 0.29) is 6.10 Å². The highest BCUT2D eigenvalue weighted by molar-refractivity contribution is 5.37. The maximum absolute atomic E-state index is 9.55. The van der Waals surface area contributed by atoms with Gasteiger partial charge in [0.15, 0.2) is 0 Å². The van der Waals surface area contributed by atoms with Gasteiger partial charge in [-0.05, 0) is 31.0 Å². The molecule has 0 spiro atoms. The molecule has 19 heavy (non-hydrogen) atoms. The Labute approximate surface area is 114 Å². The number of aliphatic hydroxyl groups excluding tert-OH is 1. The van der Waals surface area contributed by atoms with Gasteiger partial charge < -0.3 is 9.84 Å². The summed E-state index contributed by atoms with van der Waals surface area (Å²) in [5.74, 6) is 0.857. The van der Waals surface area contributed by atoms with Gasteiger partial charge in [-0.1, -0.05) is 48.0 Å². The van der Waals surface area contributed by atoms with Crippen LogP contribution in [0.3, 0.4) is 0 Å². The molecule has 0 amide bonds. The van der Waals surface area contributed by atoms with Crippen molar-refractivity contribution in [3.05, 3.63) is 65.2 Å². The Kier molecular flexibility index (Phi) is 4.58. The van der Waals surface area contributed by atoms with E-state index in [1.54, 1.807) is 6.92 Å². The van der Waals surface area contributed by atoms with Crippen molar-refractivity contribution in [3.8, 4) is 5.75 Å². The van der Waals surface area contributed by atoms with E-state index in [0.29, 0.717) is 13.0 Å². The first-order valence-corrected chi connectivity index (χ1v) is 6.59. The van der Waals surface area contributed by atoms with Crippen LogP contribution in [0.5, 0.6) is 5.75 Å². The summed E-state index contributed by atoms with van der Waals surface area (Å²) >= 11 is 0. The van der Waals surface area contributed by atoms with E-state index in [0.717, 1.165) is 16.9 Å². The molecular weight excluding hydrogens is 236 g/mol.